The molecule has 0 amide bonds. The second kappa shape index (κ2) is 5.35. The molecule has 0 aliphatic heterocycles. The summed E-state index contributed by atoms with van der Waals surface area (Å²) in [5.74, 6) is 1.56. The third-order valence-corrected chi connectivity index (χ3v) is 2.81. The highest BCUT2D eigenvalue weighted by Gasteiger charge is 2.11. The molecule has 0 aliphatic rings. The van der Waals surface area contributed by atoms with Gasteiger partial charge in [-0.1, -0.05) is 0 Å². The average molecular weight is 248 g/mol. The first kappa shape index (κ1) is 12.8. The maximum Gasteiger partial charge on any atom is 0.211 e. The Labute approximate surface area is 107 Å². The third-order valence-electron chi connectivity index (χ3n) is 2.81. The fourth-order valence-electron chi connectivity index (χ4n) is 1.68. The maximum atomic E-state index is 5.48. The number of hydrogen-bond acceptors (Lipinski definition) is 4. The Morgan fingerprint density at radius 1 is 1.33 bits per heavy atom. The highest BCUT2D eigenvalue weighted by Crippen LogP contribution is 2.13. The van der Waals surface area contributed by atoms with Gasteiger partial charge in [-0.05, 0) is 27.7 Å². The van der Waals surface area contributed by atoms with E-state index in [1.807, 2.05) is 24.7 Å². The quantitative estimate of drug-likeness (QED) is 0.883. The zero-order chi connectivity index (χ0) is 13.1. The first-order chi connectivity index (χ1) is 8.56. The van der Waals surface area contributed by atoms with E-state index in [0.29, 0.717) is 6.04 Å². The standard InChI is InChI=1S/C13H20N4O/c1-9(2)17-8-12(7-16-17)6-14-11(4)13-15-5-10(3)18-13/h5,7-9,11,14H,6H2,1-4H3. The fourth-order valence-corrected chi connectivity index (χ4v) is 1.68. The number of nitrogens with zero attached hydrogens (tertiary/aromatic N) is 3. The second-order valence-electron chi connectivity index (χ2n) is 4.83. The van der Waals surface area contributed by atoms with Gasteiger partial charge in [-0.3, -0.25) is 4.68 Å². The second-order valence-corrected chi connectivity index (χ2v) is 4.83. The lowest BCUT2D eigenvalue weighted by atomic mass is 10.3. The van der Waals surface area contributed by atoms with Crippen LogP contribution in [0, 0.1) is 6.92 Å². The van der Waals surface area contributed by atoms with Gasteiger partial charge >= 0.3 is 0 Å². The van der Waals surface area contributed by atoms with Crippen molar-refractivity contribution in [3.05, 3.63) is 35.8 Å². The number of nitrogens with one attached hydrogen (secondary N) is 1. The van der Waals surface area contributed by atoms with E-state index in [1.54, 1.807) is 6.20 Å². The van der Waals surface area contributed by atoms with Crippen molar-refractivity contribution in [1.82, 2.24) is 20.1 Å². The van der Waals surface area contributed by atoms with Crippen molar-refractivity contribution >= 4 is 0 Å². The summed E-state index contributed by atoms with van der Waals surface area (Å²) in [5.41, 5.74) is 1.17. The van der Waals surface area contributed by atoms with Crippen molar-refractivity contribution in [3.63, 3.8) is 0 Å². The monoisotopic (exact) mass is 248 g/mol. The number of rotatable bonds is 5. The van der Waals surface area contributed by atoms with Crippen LogP contribution in [0.1, 0.15) is 50.1 Å². The summed E-state index contributed by atoms with van der Waals surface area (Å²) < 4.78 is 7.44. The van der Waals surface area contributed by atoms with Crippen LogP contribution in [-0.2, 0) is 6.54 Å². The molecule has 1 unspecified atom stereocenters. The van der Waals surface area contributed by atoms with E-state index in [0.717, 1.165) is 18.2 Å². The first-order valence-electron chi connectivity index (χ1n) is 6.25. The molecule has 1 atom stereocenters. The van der Waals surface area contributed by atoms with Crippen LogP contribution in [0.3, 0.4) is 0 Å². The summed E-state index contributed by atoms with van der Waals surface area (Å²) in [6, 6.07) is 0.492. The van der Waals surface area contributed by atoms with Crippen molar-refractivity contribution in [2.24, 2.45) is 0 Å². The Bertz CT molecular complexity index is 501. The highest BCUT2D eigenvalue weighted by atomic mass is 16.4. The van der Waals surface area contributed by atoms with Gasteiger partial charge in [0.15, 0.2) is 0 Å². The van der Waals surface area contributed by atoms with E-state index in [4.69, 9.17) is 4.42 Å². The van der Waals surface area contributed by atoms with Crippen LogP contribution in [0.4, 0.5) is 0 Å². The summed E-state index contributed by atoms with van der Waals surface area (Å²) in [5, 5.41) is 7.68. The molecule has 18 heavy (non-hydrogen) atoms. The number of aryl methyl sites for hydroxylation is 1. The Hall–Kier alpha value is -1.62. The van der Waals surface area contributed by atoms with Gasteiger partial charge in [-0.15, -0.1) is 0 Å². The first-order valence-corrected chi connectivity index (χ1v) is 6.25. The molecule has 5 heteroatoms. The average Bonchev–Trinajstić information content (AvgIpc) is 2.94. The summed E-state index contributed by atoms with van der Waals surface area (Å²) in [4.78, 5) is 4.21. The van der Waals surface area contributed by atoms with Crippen LogP contribution < -0.4 is 5.32 Å². The lowest BCUT2D eigenvalue weighted by Gasteiger charge is -2.09. The maximum absolute atomic E-state index is 5.48. The number of hydrogen-bond donors (Lipinski definition) is 1. The van der Waals surface area contributed by atoms with Gasteiger partial charge < -0.3 is 9.73 Å². The lowest BCUT2D eigenvalue weighted by molar-refractivity contribution is 0.402. The van der Waals surface area contributed by atoms with E-state index < -0.39 is 0 Å². The molecule has 0 fully saturated rings. The van der Waals surface area contributed by atoms with Crippen molar-refractivity contribution < 1.29 is 4.42 Å². The minimum atomic E-state index is 0.0982. The molecule has 0 aromatic carbocycles. The van der Waals surface area contributed by atoms with Gasteiger partial charge in [0.05, 0.1) is 18.4 Å². The summed E-state index contributed by atoms with van der Waals surface area (Å²) >= 11 is 0. The summed E-state index contributed by atoms with van der Waals surface area (Å²) in [6.07, 6.45) is 5.69. The molecule has 2 aromatic heterocycles. The van der Waals surface area contributed by atoms with Crippen molar-refractivity contribution in [2.45, 2.75) is 46.3 Å². The Balaban J connectivity index is 1.90. The van der Waals surface area contributed by atoms with Gasteiger partial charge in [-0.2, -0.15) is 5.10 Å². The van der Waals surface area contributed by atoms with Crippen molar-refractivity contribution in [1.29, 1.82) is 0 Å². The zero-order valence-electron chi connectivity index (χ0n) is 11.3. The normalized spacial score (nSPS) is 13.2. The highest BCUT2D eigenvalue weighted by molar-refractivity contribution is 5.05. The van der Waals surface area contributed by atoms with Gasteiger partial charge in [0, 0.05) is 24.3 Å². The van der Waals surface area contributed by atoms with Gasteiger partial charge in [0.2, 0.25) is 5.89 Å². The van der Waals surface area contributed by atoms with E-state index >= 15 is 0 Å². The molecule has 0 saturated heterocycles. The van der Waals surface area contributed by atoms with Crippen LogP contribution >= 0.6 is 0 Å². The molecule has 0 radical (unpaired) electrons. The zero-order valence-corrected chi connectivity index (χ0v) is 11.3. The molecule has 5 nitrogen and oxygen atoms in total. The fraction of sp³-hybridized carbons (Fsp3) is 0.538. The molecule has 0 aliphatic carbocycles. The molecule has 1 N–H and O–H groups in total. The van der Waals surface area contributed by atoms with Crippen LogP contribution in [0.15, 0.2) is 23.0 Å². The predicted molar refractivity (Wildman–Crippen MR) is 69.1 cm³/mol. The minimum absolute atomic E-state index is 0.0982. The van der Waals surface area contributed by atoms with Crippen LogP contribution in [0.25, 0.3) is 0 Å². The van der Waals surface area contributed by atoms with E-state index in [-0.39, 0.29) is 6.04 Å². The predicted octanol–water partition coefficient (Wildman–Crippen LogP) is 2.61. The summed E-state index contributed by atoms with van der Waals surface area (Å²) in [6.45, 7) is 8.92. The van der Waals surface area contributed by atoms with Crippen molar-refractivity contribution in [2.75, 3.05) is 0 Å². The molecule has 2 aromatic rings. The minimum Gasteiger partial charge on any atom is -0.444 e. The topological polar surface area (TPSA) is 55.9 Å². The van der Waals surface area contributed by atoms with Gasteiger partial charge in [0.1, 0.15) is 5.76 Å². The lowest BCUT2D eigenvalue weighted by Crippen LogP contribution is -2.18. The molecular formula is C13H20N4O. The Morgan fingerprint density at radius 2 is 2.11 bits per heavy atom. The van der Waals surface area contributed by atoms with E-state index in [9.17, 15) is 0 Å². The SMILES string of the molecule is Cc1cnc(C(C)NCc2cnn(C(C)C)c2)o1. The molecule has 2 rings (SSSR count). The largest absolute Gasteiger partial charge is 0.444 e. The smallest absolute Gasteiger partial charge is 0.211 e. The van der Waals surface area contributed by atoms with Crippen molar-refractivity contribution in [3.8, 4) is 0 Å². The Kier molecular flexibility index (Phi) is 3.81. The molecule has 98 valence electrons. The number of aromatic nitrogens is 3. The molecule has 0 saturated carbocycles. The van der Waals surface area contributed by atoms with Gasteiger partial charge in [0.25, 0.3) is 0 Å². The Morgan fingerprint density at radius 3 is 2.67 bits per heavy atom. The molecule has 2 heterocycles. The molecular weight excluding hydrogens is 228 g/mol. The molecule has 0 bridgehead atoms. The molecule has 0 spiro atoms. The van der Waals surface area contributed by atoms with Gasteiger partial charge in [-0.25, -0.2) is 4.98 Å². The van der Waals surface area contributed by atoms with Crippen LogP contribution in [-0.4, -0.2) is 14.8 Å². The van der Waals surface area contributed by atoms with E-state index in [1.165, 1.54) is 5.56 Å². The van der Waals surface area contributed by atoms with E-state index in [2.05, 4.69) is 35.4 Å². The summed E-state index contributed by atoms with van der Waals surface area (Å²) in [7, 11) is 0. The van der Waals surface area contributed by atoms with Crippen LogP contribution in [0.5, 0.6) is 0 Å². The number of oxazole rings is 1. The third kappa shape index (κ3) is 2.98. The van der Waals surface area contributed by atoms with Crippen LogP contribution in [0.2, 0.25) is 0 Å².